The SMILES string of the molecule is O=C(c1ccnnc1)N1CCC2(CC1)OC1CCC(c3cc(F)cc(F)c3)N1C2=O. The lowest BCUT2D eigenvalue weighted by Gasteiger charge is -2.37. The Labute approximate surface area is 171 Å². The number of amides is 2. The normalized spacial score (nSPS) is 25.1. The highest BCUT2D eigenvalue weighted by atomic mass is 19.1. The predicted octanol–water partition coefficient (Wildman–Crippen LogP) is 2.45. The molecule has 1 aromatic carbocycles. The van der Waals surface area contributed by atoms with E-state index in [1.54, 1.807) is 15.9 Å². The number of hydrogen-bond acceptors (Lipinski definition) is 5. The molecule has 3 aliphatic heterocycles. The molecular weight excluding hydrogens is 394 g/mol. The van der Waals surface area contributed by atoms with Gasteiger partial charge in [-0.1, -0.05) is 0 Å². The molecule has 4 heterocycles. The van der Waals surface area contributed by atoms with Crippen molar-refractivity contribution >= 4 is 11.8 Å². The van der Waals surface area contributed by atoms with Crippen LogP contribution in [0.25, 0.3) is 0 Å². The third-order valence-corrected chi connectivity index (χ3v) is 6.28. The van der Waals surface area contributed by atoms with Crippen LogP contribution in [0, 0.1) is 11.6 Å². The highest BCUT2D eigenvalue weighted by molar-refractivity contribution is 5.94. The molecule has 2 amide bonds. The second-order valence-corrected chi connectivity index (χ2v) is 8.00. The van der Waals surface area contributed by atoms with Crippen LogP contribution in [-0.2, 0) is 9.53 Å². The Morgan fingerprint density at radius 3 is 2.50 bits per heavy atom. The number of aromatic nitrogens is 2. The van der Waals surface area contributed by atoms with Crippen molar-refractivity contribution in [3.05, 3.63) is 59.4 Å². The van der Waals surface area contributed by atoms with Crippen LogP contribution in [0.15, 0.2) is 36.7 Å². The minimum absolute atomic E-state index is 0.154. The first kappa shape index (κ1) is 19.0. The molecule has 1 aromatic heterocycles. The lowest BCUT2D eigenvalue weighted by molar-refractivity contribution is -0.142. The fraction of sp³-hybridized carbons (Fsp3) is 0.429. The molecule has 3 fully saturated rings. The van der Waals surface area contributed by atoms with E-state index in [4.69, 9.17) is 4.74 Å². The quantitative estimate of drug-likeness (QED) is 0.755. The van der Waals surface area contributed by atoms with Gasteiger partial charge in [-0.15, -0.1) is 0 Å². The fourth-order valence-electron chi connectivity index (χ4n) is 4.81. The molecule has 3 saturated heterocycles. The van der Waals surface area contributed by atoms with Crippen LogP contribution in [0.5, 0.6) is 0 Å². The summed E-state index contributed by atoms with van der Waals surface area (Å²) in [6.07, 6.45) is 4.45. The summed E-state index contributed by atoms with van der Waals surface area (Å²) >= 11 is 0. The van der Waals surface area contributed by atoms with Crippen LogP contribution < -0.4 is 0 Å². The van der Waals surface area contributed by atoms with Gasteiger partial charge in [-0.3, -0.25) is 9.59 Å². The average Bonchev–Trinajstić information content (AvgIpc) is 3.26. The highest BCUT2D eigenvalue weighted by Crippen LogP contribution is 2.47. The van der Waals surface area contributed by atoms with Crippen LogP contribution in [0.2, 0.25) is 0 Å². The molecule has 7 nitrogen and oxygen atoms in total. The lowest BCUT2D eigenvalue weighted by Crippen LogP contribution is -2.51. The summed E-state index contributed by atoms with van der Waals surface area (Å²) in [5.74, 6) is -1.63. The molecule has 0 saturated carbocycles. The maximum atomic E-state index is 13.7. The summed E-state index contributed by atoms with van der Waals surface area (Å²) in [7, 11) is 0. The molecule has 0 aliphatic carbocycles. The van der Waals surface area contributed by atoms with Crippen molar-refractivity contribution in [2.24, 2.45) is 0 Å². The van der Waals surface area contributed by atoms with Gasteiger partial charge in [-0.05, 0) is 36.6 Å². The Kier molecular flexibility index (Phi) is 4.50. The molecule has 3 aliphatic rings. The topological polar surface area (TPSA) is 75.6 Å². The average molecular weight is 414 g/mol. The Balaban J connectivity index is 1.32. The second kappa shape index (κ2) is 7.09. The molecule has 1 spiro atoms. The third-order valence-electron chi connectivity index (χ3n) is 6.28. The molecular formula is C21H20F2N4O3. The molecule has 2 unspecified atom stereocenters. The van der Waals surface area contributed by atoms with E-state index in [0.29, 0.717) is 49.9 Å². The Morgan fingerprint density at radius 1 is 1.10 bits per heavy atom. The third kappa shape index (κ3) is 3.04. The van der Waals surface area contributed by atoms with Crippen molar-refractivity contribution in [1.82, 2.24) is 20.0 Å². The van der Waals surface area contributed by atoms with E-state index in [-0.39, 0.29) is 11.8 Å². The van der Waals surface area contributed by atoms with Gasteiger partial charge in [0.2, 0.25) is 0 Å². The van der Waals surface area contributed by atoms with E-state index in [1.165, 1.54) is 24.5 Å². The summed E-state index contributed by atoms with van der Waals surface area (Å²) in [4.78, 5) is 29.3. The van der Waals surface area contributed by atoms with Gasteiger partial charge in [0, 0.05) is 32.0 Å². The summed E-state index contributed by atoms with van der Waals surface area (Å²) in [6.45, 7) is 0.763. The van der Waals surface area contributed by atoms with Crippen molar-refractivity contribution < 1.29 is 23.1 Å². The van der Waals surface area contributed by atoms with Crippen LogP contribution in [0.1, 0.15) is 47.6 Å². The molecule has 2 aromatic rings. The number of hydrogen-bond donors (Lipinski definition) is 0. The number of likely N-dealkylation sites (tertiary alicyclic amines) is 1. The molecule has 156 valence electrons. The van der Waals surface area contributed by atoms with Gasteiger partial charge in [0.15, 0.2) is 5.60 Å². The number of carbonyl (C=O) groups excluding carboxylic acids is 2. The van der Waals surface area contributed by atoms with Gasteiger partial charge in [-0.2, -0.15) is 10.2 Å². The first-order chi connectivity index (χ1) is 14.5. The first-order valence-corrected chi connectivity index (χ1v) is 9.99. The molecule has 0 N–H and O–H groups in total. The van der Waals surface area contributed by atoms with E-state index in [2.05, 4.69) is 10.2 Å². The maximum absolute atomic E-state index is 13.7. The number of benzene rings is 1. The van der Waals surface area contributed by atoms with E-state index < -0.39 is 29.5 Å². The molecule has 9 heteroatoms. The van der Waals surface area contributed by atoms with Gasteiger partial charge >= 0.3 is 0 Å². The molecule has 5 rings (SSSR count). The molecule has 0 bridgehead atoms. The van der Waals surface area contributed by atoms with E-state index in [0.717, 1.165) is 6.07 Å². The molecule has 2 atom stereocenters. The standard InChI is InChI=1S/C21H20F2N4O3/c22-15-9-14(10-16(23)11-15)17-1-2-18-27(17)20(29)21(30-18)4-7-26(8-5-21)19(28)13-3-6-24-25-12-13/h3,6,9-12,17-18H,1-2,4-5,7-8H2. The number of ether oxygens (including phenoxy) is 1. The zero-order valence-electron chi connectivity index (χ0n) is 16.1. The Hall–Kier alpha value is -2.94. The first-order valence-electron chi connectivity index (χ1n) is 9.99. The van der Waals surface area contributed by atoms with Gasteiger partial charge in [0.25, 0.3) is 11.8 Å². The summed E-state index contributed by atoms with van der Waals surface area (Å²) < 4.78 is 33.6. The number of carbonyl (C=O) groups is 2. The summed E-state index contributed by atoms with van der Waals surface area (Å²) in [6, 6.07) is 4.58. The second-order valence-electron chi connectivity index (χ2n) is 8.00. The van der Waals surface area contributed by atoms with Gasteiger partial charge in [-0.25, -0.2) is 8.78 Å². The Morgan fingerprint density at radius 2 is 1.83 bits per heavy atom. The van der Waals surface area contributed by atoms with E-state index in [9.17, 15) is 18.4 Å². The molecule has 0 radical (unpaired) electrons. The lowest BCUT2D eigenvalue weighted by atomic mass is 9.89. The Bertz CT molecular complexity index is 975. The van der Waals surface area contributed by atoms with Crippen molar-refractivity contribution in [3.63, 3.8) is 0 Å². The van der Waals surface area contributed by atoms with Crippen LogP contribution in [-0.4, -0.2) is 56.7 Å². The van der Waals surface area contributed by atoms with Crippen molar-refractivity contribution in [3.8, 4) is 0 Å². The fourth-order valence-corrected chi connectivity index (χ4v) is 4.81. The smallest absolute Gasteiger partial charge is 0.257 e. The van der Waals surface area contributed by atoms with Gasteiger partial charge in [0.05, 0.1) is 24.0 Å². The number of fused-ring (bicyclic) bond motifs is 1. The van der Waals surface area contributed by atoms with Crippen LogP contribution in [0.3, 0.4) is 0 Å². The van der Waals surface area contributed by atoms with Crippen LogP contribution in [0.4, 0.5) is 8.78 Å². The zero-order chi connectivity index (χ0) is 20.9. The van der Waals surface area contributed by atoms with Crippen molar-refractivity contribution in [1.29, 1.82) is 0 Å². The van der Waals surface area contributed by atoms with Crippen molar-refractivity contribution in [2.75, 3.05) is 13.1 Å². The van der Waals surface area contributed by atoms with E-state index >= 15 is 0 Å². The largest absolute Gasteiger partial charge is 0.342 e. The summed E-state index contributed by atoms with van der Waals surface area (Å²) in [5.41, 5.74) is -0.0853. The maximum Gasteiger partial charge on any atom is 0.257 e. The highest BCUT2D eigenvalue weighted by Gasteiger charge is 2.58. The monoisotopic (exact) mass is 414 g/mol. The zero-order valence-corrected chi connectivity index (χ0v) is 16.1. The van der Waals surface area contributed by atoms with Gasteiger partial charge in [0.1, 0.15) is 17.9 Å². The van der Waals surface area contributed by atoms with Crippen LogP contribution >= 0.6 is 0 Å². The predicted molar refractivity (Wildman–Crippen MR) is 100.0 cm³/mol. The number of piperidine rings is 1. The summed E-state index contributed by atoms with van der Waals surface area (Å²) in [5, 5.41) is 7.41. The minimum Gasteiger partial charge on any atom is -0.342 e. The number of rotatable bonds is 2. The van der Waals surface area contributed by atoms with Crippen molar-refractivity contribution in [2.45, 2.75) is 43.6 Å². The number of nitrogens with zero attached hydrogens (tertiary/aromatic N) is 4. The number of halogens is 2. The minimum atomic E-state index is -0.984. The van der Waals surface area contributed by atoms with Gasteiger partial charge < -0.3 is 14.5 Å². The van der Waals surface area contributed by atoms with E-state index in [1.807, 2.05) is 0 Å². The molecule has 30 heavy (non-hydrogen) atoms.